The summed E-state index contributed by atoms with van der Waals surface area (Å²) in [5.74, 6) is 1.46. The first kappa shape index (κ1) is 13.3. The smallest absolute Gasteiger partial charge is 0.161 e. The van der Waals surface area contributed by atoms with Gasteiger partial charge >= 0.3 is 0 Å². The summed E-state index contributed by atoms with van der Waals surface area (Å²) in [5.41, 5.74) is 1.03. The van der Waals surface area contributed by atoms with Crippen LogP contribution in [0, 0.1) is 11.3 Å². The third-order valence-corrected chi connectivity index (χ3v) is 4.01. The zero-order valence-electron chi connectivity index (χ0n) is 11.7. The summed E-state index contributed by atoms with van der Waals surface area (Å²) in [7, 11) is 0. The van der Waals surface area contributed by atoms with Crippen LogP contribution in [-0.2, 0) is 0 Å². The fourth-order valence-corrected chi connectivity index (χ4v) is 2.90. The number of nitrogens with zero attached hydrogens (tertiary/aromatic N) is 2. The van der Waals surface area contributed by atoms with Crippen LogP contribution in [-0.4, -0.2) is 37.7 Å². The van der Waals surface area contributed by atoms with E-state index in [2.05, 4.69) is 11.0 Å². The lowest BCUT2D eigenvalue weighted by atomic mass is 9.98. The maximum absolute atomic E-state index is 9.47. The van der Waals surface area contributed by atoms with Crippen molar-refractivity contribution in [2.75, 3.05) is 32.8 Å². The molecule has 2 aliphatic rings. The van der Waals surface area contributed by atoms with E-state index in [-0.39, 0.29) is 5.92 Å². The standard InChI is InChI=1S/C16H20N2O2/c17-11-14(12-18-6-2-1-3-7-18)13-4-5-15-16(10-13)20-9-8-19-15/h4-5,10,14H,1-3,6-9,12H2. The lowest BCUT2D eigenvalue weighted by Crippen LogP contribution is -2.33. The molecule has 1 fully saturated rings. The average molecular weight is 272 g/mol. The molecule has 0 saturated carbocycles. The molecule has 1 atom stereocenters. The van der Waals surface area contributed by atoms with Gasteiger partial charge in [0.1, 0.15) is 13.2 Å². The van der Waals surface area contributed by atoms with Crippen molar-refractivity contribution in [2.45, 2.75) is 25.2 Å². The molecule has 4 nitrogen and oxygen atoms in total. The minimum atomic E-state index is -0.0936. The Morgan fingerprint density at radius 2 is 1.85 bits per heavy atom. The van der Waals surface area contributed by atoms with Gasteiger partial charge in [0.2, 0.25) is 0 Å². The number of fused-ring (bicyclic) bond motifs is 1. The van der Waals surface area contributed by atoms with E-state index in [0.717, 1.165) is 36.7 Å². The fourth-order valence-electron chi connectivity index (χ4n) is 2.90. The molecule has 2 aliphatic heterocycles. The van der Waals surface area contributed by atoms with E-state index in [9.17, 15) is 5.26 Å². The number of rotatable bonds is 3. The van der Waals surface area contributed by atoms with E-state index in [0.29, 0.717) is 13.2 Å². The van der Waals surface area contributed by atoms with Crippen molar-refractivity contribution < 1.29 is 9.47 Å². The Balaban J connectivity index is 1.73. The van der Waals surface area contributed by atoms with Crippen molar-refractivity contribution >= 4 is 0 Å². The minimum Gasteiger partial charge on any atom is -0.486 e. The summed E-state index contributed by atoms with van der Waals surface area (Å²) in [4.78, 5) is 2.40. The van der Waals surface area contributed by atoms with Crippen LogP contribution in [0.5, 0.6) is 11.5 Å². The van der Waals surface area contributed by atoms with Gasteiger partial charge in [-0.2, -0.15) is 5.26 Å². The molecule has 0 N–H and O–H groups in total. The molecule has 20 heavy (non-hydrogen) atoms. The largest absolute Gasteiger partial charge is 0.486 e. The number of piperidine rings is 1. The van der Waals surface area contributed by atoms with Crippen LogP contribution in [0.4, 0.5) is 0 Å². The van der Waals surface area contributed by atoms with E-state index in [1.165, 1.54) is 19.3 Å². The van der Waals surface area contributed by atoms with Gasteiger partial charge in [-0.15, -0.1) is 0 Å². The minimum absolute atomic E-state index is 0.0936. The van der Waals surface area contributed by atoms with Crippen molar-refractivity contribution in [1.29, 1.82) is 5.26 Å². The second-order valence-electron chi connectivity index (χ2n) is 5.45. The van der Waals surface area contributed by atoms with Gasteiger partial charge in [-0.05, 0) is 43.6 Å². The first-order valence-corrected chi connectivity index (χ1v) is 7.38. The lowest BCUT2D eigenvalue weighted by Gasteiger charge is -2.28. The van der Waals surface area contributed by atoms with Crippen LogP contribution >= 0.6 is 0 Å². The van der Waals surface area contributed by atoms with Crippen LogP contribution in [0.2, 0.25) is 0 Å². The number of hydrogen-bond acceptors (Lipinski definition) is 4. The summed E-state index contributed by atoms with van der Waals surface area (Å²) in [6.45, 7) is 4.23. The van der Waals surface area contributed by atoms with Crippen molar-refractivity contribution in [1.82, 2.24) is 4.90 Å². The van der Waals surface area contributed by atoms with Gasteiger partial charge in [-0.3, -0.25) is 0 Å². The second-order valence-corrected chi connectivity index (χ2v) is 5.45. The zero-order valence-corrected chi connectivity index (χ0v) is 11.7. The maximum Gasteiger partial charge on any atom is 0.161 e. The highest BCUT2D eigenvalue weighted by Crippen LogP contribution is 2.33. The SMILES string of the molecule is N#CC(CN1CCCCC1)c1ccc2c(c1)OCCO2. The first-order valence-electron chi connectivity index (χ1n) is 7.38. The molecule has 1 aromatic carbocycles. The Bertz CT molecular complexity index is 504. The Kier molecular flexibility index (Phi) is 4.08. The predicted molar refractivity (Wildman–Crippen MR) is 76.1 cm³/mol. The molecule has 0 bridgehead atoms. The lowest BCUT2D eigenvalue weighted by molar-refractivity contribution is 0.171. The molecule has 2 heterocycles. The summed E-state index contributed by atoms with van der Waals surface area (Å²) in [5, 5.41) is 9.47. The van der Waals surface area contributed by atoms with Crippen molar-refractivity contribution in [2.24, 2.45) is 0 Å². The Morgan fingerprint density at radius 3 is 2.60 bits per heavy atom. The van der Waals surface area contributed by atoms with E-state index < -0.39 is 0 Å². The van der Waals surface area contributed by atoms with Gasteiger partial charge in [0.25, 0.3) is 0 Å². The fraction of sp³-hybridized carbons (Fsp3) is 0.562. The Hall–Kier alpha value is -1.73. The molecule has 0 spiro atoms. The second kappa shape index (κ2) is 6.15. The van der Waals surface area contributed by atoms with E-state index >= 15 is 0 Å². The molecule has 3 rings (SSSR count). The number of nitriles is 1. The normalized spacial score (nSPS) is 20.1. The quantitative estimate of drug-likeness (QED) is 0.848. The molecular weight excluding hydrogens is 252 g/mol. The zero-order chi connectivity index (χ0) is 13.8. The predicted octanol–water partition coefficient (Wildman–Crippen LogP) is 2.55. The molecule has 0 aromatic heterocycles. The van der Waals surface area contributed by atoms with Crippen LogP contribution in [0.25, 0.3) is 0 Å². The molecule has 0 amide bonds. The summed E-state index contributed by atoms with van der Waals surface area (Å²) >= 11 is 0. The maximum atomic E-state index is 9.47. The van der Waals surface area contributed by atoms with Gasteiger partial charge in [-0.25, -0.2) is 0 Å². The van der Waals surface area contributed by atoms with Crippen molar-refractivity contribution in [3.8, 4) is 17.6 Å². The molecular formula is C16H20N2O2. The Morgan fingerprint density at radius 1 is 1.10 bits per heavy atom. The highest BCUT2D eigenvalue weighted by Gasteiger charge is 2.20. The number of ether oxygens (including phenoxy) is 2. The molecule has 0 aliphatic carbocycles. The van der Waals surface area contributed by atoms with E-state index in [1.54, 1.807) is 0 Å². The number of likely N-dealkylation sites (tertiary alicyclic amines) is 1. The van der Waals surface area contributed by atoms with Gasteiger partial charge in [0, 0.05) is 6.54 Å². The van der Waals surface area contributed by atoms with E-state index in [4.69, 9.17) is 9.47 Å². The summed E-state index contributed by atoms with van der Waals surface area (Å²) in [6, 6.07) is 8.31. The van der Waals surface area contributed by atoms with Crippen LogP contribution in [0.15, 0.2) is 18.2 Å². The summed E-state index contributed by atoms with van der Waals surface area (Å²) < 4.78 is 11.1. The first-order chi connectivity index (χ1) is 9.86. The molecule has 106 valence electrons. The number of hydrogen-bond donors (Lipinski definition) is 0. The number of benzene rings is 1. The molecule has 1 unspecified atom stereocenters. The van der Waals surface area contributed by atoms with Crippen molar-refractivity contribution in [3.63, 3.8) is 0 Å². The van der Waals surface area contributed by atoms with Gasteiger partial charge in [0.15, 0.2) is 11.5 Å². The molecule has 0 radical (unpaired) electrons. The van der Waals surface area contributed by atoms with Gasteiger partial charge < -0.3 is 14.4 Å². The van der Waals surface area contributed by atoms with Crippen LogP contribution < -0.4 is 9.47 Å². The molecule has 1 saturated heterocycles. The molecule has 1 aromatic rings. The Labute approximate surface area is 119 Å². The van der Waals surface area contributed by atoms with E-state index in [1.807, 2.05) is 18.2 Å². The topological polar surface area (TPSA) is 45.5 Å². The van der Waals surface area contributed by atoms with Gasteiger partial charge in [0.05, 0.1) is 12.0 Å². The van der Waals surface area contributed by atoms with Crippen LogP contribution in [0.3, 0.4) is 0 Å². The third-order valence-electron chi connectivity index (χ3n) is 4.01. The third kappa shape index (κ3) is 2.88. The monoisotopic (exact) mass is 272 g/mol. The highest BCUT2D eigenvalue weighted by atomic mass is 16.6. The average Bonchev–Trinajstić information content (AvgIpc) is 2.53. The molecule has 4 heteroatoms. The van der Waals surface area contributed by atoms with Crippen LogP contribution in [0.1, 0.15) is 30.7 Å². The van der Waals surface area contributed by atoms with Crippen molar-refractivity contribution in [3.05, 3.63) is 23.8 Å². The highest BCUT2D eigenvalue weighted by molar-refractivity contribution is 5.45. The van der Waals surface area contributed by atoms with Gasteiger partial charge in [-0.1, -0.05) is 12.5 Å². The summed E-state index contributed by atoms with van der Waals surface area (Å²) in [6.07, 6.45) is 3.82.